The molecule has 0 radical (unpaired) electrons. The van der Waals surface area contributed by atoms with Crippen LogP contribution in [0.25, 0.3) is 0 Å². The summed E-state index contributed by atoms with van der Waals surface area (Å²) in [6, 6.07) is 4.15. The highest BCUT2D eigenvalue weighted by Gasteiger charge is 2.19. The summed E-state index contributed by atoms with van der Waals surface area (Å²) < 4.78 is 5.19. The van der Waals surface area contributed by atoms with E-state index in [1.54, 1.807) is 6.26 Å². The van der Waals surface area contributed by atoms with Crippen LogP contribution in [0.3, 0.4) is 0 Å². The van der Waals surface area contributed by atoms with E-state index in [1.807, 2.05) is 12.1 Å². The molecule has 1 atom stereocenters. The smallest absolute Gasteiger partial charge is 0.133 e. The van der Waals surface area contributed by atoms with Crippen molar-refractivity contribution in [3.8, 4) is 0 Å². The van der Waals surface area contributed by atoms with E-state index in [9.17, 15) is 5.11 Å². The fourth-order valence-electron chi connectivity index (χ4n) is 2.54. The SMILES string of the molecule is CCCN1CCC(NC[C@H](O)c2ccco2)CC1. The van der Waals surface area contributed by atoms with Crippen LogP contribution in [0.4, 0.5) is 0 Å². The molecule has 2 N–H and O–H groups in total. The molecular formula is C14H24N2O2. The molecule has 1 saturated heterocycles. The lowest BCUT2D eigenvalue weighted by Crippen LogP contribution is -2.43. The molecule has 1 aliphatic heterocycles. The first-order valence-corrected chi connectivity index (χ1v) is 6.96. The molecule has 0 spiro atoms. The van der Waals surface area contributed by atoms with E-state index in [2.05, 4.69) is 17.1 Å². The van der Waals surface area contributed by atoms with Crippen LogP contribution < -0.4 is 5.32 Å². The number of piperidine rings is 1. The van der Waals surface area contributed by atoms with Crippen molar-refractivity contribution >= 4 is 0 Å². The molecule has 1 fully saturated rings. The largest absolute Gasteiger partial charge is 0.467 e. The summed E-state index contributed by atoms with van der Waals surface area (Å²) in [5, 5.41) is 13.3. The maximum absolute atomic E-state index is 9.91. The fraction of sp³-hybridized carbons (Fsp3) is 0.714. The van der Waals surface area contributed by atoms with Gasteiger partial charge in [-0.2, -0.15) is 0 Å². The van der Waals surface area contributed by atoms with Crippen molar-refractivity contribution in [2.45, 2.75) is 38.3 Å². The summed E-state index contributed by atoms with van der Waals surface area (Å²) in [6.45, 7) is 6.35. The van der Waals surface area contributed by atoms with Crippen molar-refractivity contribution in [2.24, 2.45) is 0 Å². The maximum atomic E-state index is 9.91. The molecule has 0 saturated carbocycles. The van der Waals surface area contributed by atoms with Crippen LogP contribution in [0.5, 0.6) is 0 Å². The van der Waals surface area contributed by atoms with Crippen molar-refractivity contribution in [1.29, 1.82) is 0 Å². The molecule has 0 unspecified atom stereocenters. The molecule has 1 aliphatic rings. The number of likely N-dealkylation sites (tertiary alicyclic amines) is 1. The normalized spacial score (nSPS) is 20.1. The highest BCUT2D eigenvalue weighted by atomic mass is 16.4. The molecule has 0 aromatic carbocycles. The molecular weight excluding hydrogens is 228 g/mol. The molecule has 102 valence electrons. The van der Waals surface area contributed by atoms with Gasteiger partial charge in [0.15, 0.2) is 0 Å². The highest BCUT2D eigenvalue weighted by Crippen LogP contribution is 2.14. The summed E-state index contributed by atoms with van der Waals surface area (Å²) in [6.07, 6.45) is 4.64. The third kappa shape index (κ3) is 3.83. The zero-order valence-corrected chi connectivity index (χ0v) is 11.1. The van der Waals surface area contributed by atoms with Crippen LogP contribution >= 0.6 is 0 Å². The molecule has 2 heterocycles. The Kier molecular flexibility index (Phi) is 5.23. The zero-order chi connectivity index (χ0) is 12.8. The van der Waals surface area contributed by atoms with Gasteiger partial charge in [-0.25, -0.2) is 0 Å². The monoisotopic (exact) mass is 252 g/mol. The Balaban J connectivity index is 1.66. The van der Waals surface area contributed by atoms with Gasteiger partial charge in [0.1, 0.15) is 11.9 Å². The number of furan rings is 1. The summed E-state index contributed by atoms with van der Waals surface area (Å²) >= 11 is 0. The minimum atomic E-state index is -0.534. The first-order valence-electron chi connectivity index (χ1n) is 6.96. The predicted molar refractivity (Wildman–Crippen MR) is 71.4 cm³/mol. The van der Waals surface area contributed by atoms with Gasteiger partial charge >= 0.3 is 0 Å². The average Bonchev–Trinajstić information content (AvgIpc) is 2.92. The second-order valence-electron chi connectivity index (χ2n) is 5.06. The van der Waals surface area contributed by atoms with Crippen molar-refractivity contribution in [3.05, 3.63) is 24.2 Å². The quantitative estimate of drug-likeness (QED) is 0.810. The van der Waals surface area contributed by atoms with Crippen molar-refractivity contribution in [1.82, 2.24) is 10.2 Å². The number of aliphatic hydroxyl groups excluding tert-OH is 1. The van der Waals surface area contributed by atoms with Crippen LogP contribution in [0.2, 0.25) is 0 Å². The fourth-order valence-corrected chi connectivity index (χ4v) is 2.54. The van der Waals surface area contributed by atoms with Gasteiger partial charge in [-0.05, 0) is 51.0 Å². The van der Waals surface area contributed by atoms with Gasteiger partial charge in [0.2, 0.25) is 0 Å². The highest BCUT2D eigenvalue weighted by molar-refractivity contribution is 5.02. The molecule has 2 rings (SSSR count). The molecule has 4 nitrogen and oxygen atoms in total. The van der Waals surface area contributed by atoms with Crippen LogP contribution in [0.15, 0.2) is 22.8 Å². The number of nitrogens with zero attached hydrogens (tertiary/aromatic N) is 1. The van der Waals surface area contributed by atoms with E-state index in [4.69, 9.17) is 4.42 Å². The van der Waals surface area contributed by atoms with Gasteiger partial charge in [-0.3, -0.25) is 0 Å². The molecule has 0 aliphatic carbocycles. The lowest BCUT2D eigenvalue weighted by atomic mass is 10.0. The number of aliphatic hydroxyl groups is 1. The van der Waals surface area contributed by atoms with Gasteiger partial charge in [0.05, 0.1) is 6.26 Å². The number of nitrogens with one attached hydrogen (secondary N) is 1. The molecule has 1 aromatic heterocycles. The topological polar surface area (TPSA) is 48.6 Å². The molecule has 18 heavy (non-hydrogen) atoms. The Hall–Kier alpha value is -0.840. The van der Waals surface area contributed by atoms with E-state index in [1.165, 1.54) is 38.9 Å². The van der Waals surface area contributed by atoms with E-state index in [0.717, 1.165) is 0 Å². The van der Waals surface area contributed by atoms with Crippen LogP contribution in [0.1, 0.15) is 38.1 Å². The van der Waals surface area contributed by atoms with Crippen LogP contribution in [0, 0.1) is 0 Å². The second-order valence-corrected chi connectivity index (χ2v) is 5.06. The minimum absolute atomic E-state index is 0.530. The maximum Gasteiger partial charge on any atom is 0.133 e. The molecule has 0 amide bonds. The first-order chi connectivity index (χ1) is 8.79. The number of rotatable bonds is 6. The number of hydrogen-bond acceptors (Lipinski definition) is 4. The Labute approximate surface area is 109 Å². The first kappa shape index (κ1) is 13.6. The van der Waals surface area contributed by atoms with Gasteiger partial charge < -0.3 is 19.7 Å². The van der Waals surface area contributed by atoms with Crippen molar-refractivity contribution < 1.29 is 9.52 Å². The molecule has 0 bridgehead atoms. The predicted octanol–water partition coefficient (Wildman–Crippen LogP) is 1.78. The Morgan fingerprint density at radius 3 is 2.89 bits per heavy atom. The minimum Gasteiger partial charge on any atom is -0.467 e. The average molecular weight is 252 g/mol. The van der Waals surface area contributed by atoms with Gasteiger partial charge in [0.25, 0.3) is 0 Å². The van der Waals surface area contributed by atoms with Gasteiger partial charge in [-0.1, -0.05) is 6.92 Å². The Morgan fingerprint density at radius 1 is 1.50 bits per heavy atom. The zero-order valence-electron chi connectivity index (χ0n) is 11.1. The van der Waals surface area contributed by atoms with E-state index in [0.29, 0.717) is 18.3 Å². The van der Waals surface area contributed by atoms with Crippen molar-refractivity contribution in [3.63, 3.8) is 0 Å². The van der Waals surface area contributed by atoms with E-state index >= 15 is 0 Å². The van der Waals surface area contributed by atoms with Crippen molar-refractivity contribution in [2.75, 3.05) is 26.2 Å². The van der Waals surface area contributed by atoms with Gasteiger partial charge in [0, 0.05) is 12.6 Å². The summed E-state index contributed by atoms with van der Waals surface area (Å²) in [4.78, 5) is 2.52. The molecule has 4 heteroatoms. The van der Waals surface area contributed by atoms with Gasteiger partial charge in [-0.15, -0.1) is 0 Å². The summed E-state index contributed by atoms with van der Waals surface area (Å²) in [5.41, 5.74) is 0. The third-order valence-electron chi connectivity index (χ3n) is 3.60. The standard InChI is InChI=1S/C14H24N2O2/c1-2-7-16-8-5-12(6-9-16)15-11-13(17)14-4-3-10-18-14/h3-4,10,12-13,15,17H,2,5-9,11H2,1H3/t13-/m0/s1. The Morgan fingerprint density at radius 2 is 2.28 bits per heavy atom. The lowest BCUT2D eigenvalue weighted by molar-refractivity contribution is 0.132. The molecule has 1 aromatic rings. The van der Waals surface area contributed by atoms with Crippen LogP contribution in [-0.4, -0.2) is 42.2 Å². The lowest BCUT2D eigenvalue weighted by Gasteiger charge is -2.32. The summed E-state index contributed by atoms with van der Waals surface area (Å²) in [7, 11) is 0. The Bertz CT molecular complexity index is 319. The van der Waals surface area contributed by atoms with Crippen LogP contribution in [-0.2, 0) is 0 Å². The van der Waals surface area contributed by atoms with E-state index < -0.39 is 6.10 Å². The van der Waals surface area contributed by atoms with E-state index in [-0.39, 0.29) is 0 Å². The third-order valence-corrected chi connectivity index (χ3v) is 3.60. The number of hydrogen-bond donors (Lipinski definition) is 2. The summed E-state index contributed by atoms with van der Waals surface area (Å²) in [5.74, 6) is 0.644. The second kappa shape index (κ2) is 6.92.